The fourth-order valence-electron chi connectivity index (χ4n) is 2.73. The molecular weight excluding hydrogens is 268 g/mol. The van der Waals surface area contributed by atoms with Crippen molar-refractivity contribution in [3.8, 4) is 0 Å². The number of nitrogens with two attached hydrogens (primary N) is 1. The number of hydrogen-bond donors (Lipinski definition) is 2. The third-order valence-corrected chi connectivity index (χ3v) is 3.92. The highest BCUT2D eigenvalue weighted by atomic mass is 16.2. The van der Waals surface area contributed by atoms with Crippen LogP contribution in [0.3, 0.4) is 0 Å². The normalized spacial score (nSPS) is 22.5. The molecule has 0 bridgehead atoms. The van der Waals surface area contributed by atoms with Gasteiger partial charge in [-0.3, -0.25) is 14.3 Å². The van der Waals surface area contributed by atoms with E-state index in [1.54, 1.807) is 12.3 Å². The van der Waals surface area contributed by atoms with Crippen molar-refractivity contribution in [3.63, 3.8) is 0 Å². The van der Waals surface area contributed by atoms with Crippen molar-refractivity contribution in [2.75, 3.05) is 5.32 Å². The second-order valence-electron chi connectivity index (χ2n) is 6.42. The maximum atomic E-state index is 12.3. The molecule has 114 valence electrons. The number of carbonyl (C=O) groups is 2. The first kappa shape index (κ1) is 15.3. The molecule has 0 unspecified atom stereocenters. The van der Waals surface area contributed by atoms with Gasteiger partial charge in [-0.05, 0) is 25.2 Å². The molecule has 3 N–H and O–H groups in total. The van der Waals surface area contributed by atoms with E-state index in [2.05, 4.69) is 30.3 Å². The lowest BCUT2D eigenvalue weighted by molar-refractivity contribution is -0.119. The number of anilines is 1. The second-order valence-corrected chi connectivity index (χ2v) is 6.42. The third-order valence-electron chi connectivity index (χ3n) is 3.92. The molecule has 1 aliphatic carbocycles. The van der Waals surface area contributed by atoms with Crippen molar-refractivity contribution >= 4 is 17.6 Å². The molecule has 0 aromatic carbocycles. The summed E-state index contributed by atoms with van der Waals surface area (Å²) in [6, 6.07) is 1.66. The largest absolute Gasteiger partial charge is 0.368 e. The van der Waals surface area contributed by atoms with E-state index in [1.165, 1.54) is 10.3 Å². The zero-order valence-corrected chi connectivity index (χ0v) is 12.9. The van der Waals surface area contributed by atoms with Gasteiger partial charge in [0.15, 0.2) is 5.82 Å². The molecule has 1 aromatic heterocycles. The molecule has 6 heteroatoms. The van der Waals surface area contributed by atoms with Gasteiger partial charge in [0, 0.05) is 12.3 Å². The summed E-state index contributed by atoms with van der Waals surface area (Å²) in [6.45, 7) is 8.26. The Morgan fingerprint density at radius 2 is 2.14 bits per heavy atom. The molecule has 1 heterocycles. The minimum absolute atomic E-state index is 0.00514. The van der Waals surface area contributed by atoms with E-state index >= 15 is 0 Å². The first-order valence-electron chi connectivity index (χ1n) is 6.99. The Morgan fingerprint density at radius 3 is 2.71 bits per heavy atom. The van der Waals surface area contributed by atoms with Crippen LogP contribution in [-0.2, 0) is 16.1 Å². The zero-order valence-electron chi connectivity index (χ0n) is 12.9. The summed E-state index contributed by atoms with van der Waals surface area (Å²) >= 11 is 0. The van der Waals surface area contributed by atoms with E-state index < -0.39 is 5.91 Å². The molecule has 2 atom stereocenters. The molecule has 6 nitrogen and oxygen atoms in total. The summed E-state index contributed by atoms with van der Waals surface area (Å²) in [6.07, 6.45) is 3.77. The van der Waals surface area contributed by atoms with Gasteiger partial charge < -0.3 is 11.1 Å². The van der Waals surface area contributed by atoms with Gasteiger partial charge in [-0.25, -0.2) is 0 Å². The van der Waals surface area contributed by atoms with Crippen LogP contribution in [0.2, 0.25) is 0 Å². The topological polar surface area (TPSA) is 90.0 Å². The van der Waals surface area contributed by atoms with Gasteiger partial charge in [-0.1, -0.05) is 25.5 Å². The number of amides is 2. The van der Waals surface area contributed by atoms with Gasteiger partial charge in [0.2, 0.25) is 11.8 Å². The van der Waals surface area contributed by atoms with Gasteiger partial charge in [0.05, 0.1) is 5.92 Å². The van der Waals surface area contributed by atoms with Crippen LogP contribution in [0.4, 0.5) is 5.82 Å². The van der Waals surface area contributed by atoms with Gasteiger partial charge in [-0.15, -0.1) is 0 Å². The van der Waals surface area contributed by atoms with Crippen LogP contribution in [0.1, 0.15) is 27.7 Å². The predicted molar refractivity (Wildman–Crippen MR) is 80.2 cm³/mol. The molecule has 0 saturated heterocycles. The summed E-state index contributed by atoms with van der Waals surface area (Å²) in [4.78, 5) is 23.1. The molecule has 21 heavy (non-hydrogen) atoms. The third kappa shape index (κ3) is 3.32. The number of aromatic nitrogens is 2. The number of rotatable bonds is 5. The second kappa shape index (κ2) is 5.35. The average Bonchev–Trinajstić information content (AvgIpc) is 2.67. The van der Waals surface area contributed by atoms with E-state index in [9.17, 15) is 9.59 Å². The molecule has 1 aliphatic rings. The quantitative estimate of drug-likeness (QED) is 0.806. The smallest absolute Gasteiger partial charge is 0.239 e. The molecule has 2 rings (SSSR count). The standard InChI is InChI=1S/C15H22N4O2/c1-9(2)7-10-13(15(10,3)4)14(21)17-12-5-6-19(18-12)8-11(16)20/h5-7,10,13H,8H2,1-4H3,(H2,16,20)(H,17,18,21)/t10-,13+/m1/s1. The molecule has 1 aromatic rings. The molecule has 0 radical (unpaired) electrons. The highest BCUT2D eigenvalue weighted by Crippen LogP contribution is 2.59. The van der Waals surface area contributed by atoms with E-state index in [0.29, 0.717) is 5.82 Å². The highest BCUT2D eigenvalue weighted by molar-refractivity contribution is 5.95. The van der Waals surface area contributed by atoms with Crippen molar-refractivity contribution in [2.24, 2.45) is 23.0 Å². The van der Waals surface area contributed by atoms with Crippen molar-refractivity contribution in [1.82, 2.24) is 9.78 Å². The van der Waals surface area contributed by atoms with Crippen LogP contribution in [0.15, 0.2) is 23.9 Å². The monoisotopic (exact) mass is 290 g/mol. The lowest BCUT2D eigenvalue weighted by Gasteiger charge is -2.03. The van der Waals surface area contributed by atoms with Gasteiger partial charge in [-0.2, -0.15) is 5.10 Å². The Hall–Kier alpha value is -2.11. The van der Waals surface area contributed by atoms with E-state index in [1.807, 2.05) is 13.8 Å². The lowest BCUT2D eigenvalue weighted by atomic mass is 10.1. The van der Waals surface area contributed by atoms with E-state index in [-0.39, 0.29) is 29.7 Å². The number of primary amides is 1. The predicted octanol–water partition coefficient (Wildman–Crippen LogP) is 1.55. The first-order chi connectivity index (χ1) is 9.71. The Bertz CT molecular complexity index is 597. The molecule has 2 amide bonds. The molecule has 1 saturated carbocycles. The fourth-order valence-corrected chi connectivity index (χ4v) is 2.73. The number of nitrogens with one attached hydrogen (secondary N) is 1. The van der Waals surface area contributed by atoms with Crippen LogP contribution in [0, 0.1) is 17.3 Å². The zero-order chi connectivity index (χ0) is 15.8. The summed E-state index contributed by atoms with van der Waals surface area (Å²) in [5.41, 5.74) is 6.29. The van der Waals surface area contributed by atoms with E-state index in [4.69, 9.17) is 5.73 Å². The Kier molecular flexibility index (Phi) is 3.89. The van der Waals surface area contributed by atoms with Crippen molar-refractivity contribution in [3.05, 3.63) is 23.9 Å². The molecule has 0 aliphatic heterocycles. The van der Waals surface area contributed by atoms with Crippen molar-refractivity contribution in [1.29, 1.82) is 0 Å². The maximum Gasteiger partial charge on any atom is 0.239 e. The molecular formula is C15H22N4O2. The molecule has 1 fully saturated rings. The minimum atomic E-state index is -0.470. The lowest BCUT2D eigenvalue weighted by Crippen LogP contribution is -2.20. The van der Waals surface area contributed by atoms with Crippen LogP contribution in [-0.4, -0.2) is 21.6 Å². The summed E-state index contributed by atoms with van der Waals surface area (Å²) in [5.74, 6) is 0.151. The first-order valence-corrected chi connectivity index (χ1v) is 6.99. The summed E-state index contributed by atoms with van der Waals surface area (Å²) < 4.78 is 1.41. The van der Waals surface area contributed by atoms with Crippen LogP contribution < -0.4 is 11.1 Å². The number of allylic oxidation sites excluding steroid dienone is 2. The number of carbonyl (C=O) groups excluding carboxylic acids is 2. The average molecular weight is 290 g/mol. The highest BCUT2D eigenvalue weighted by Gasteiger charge is 2.60. The van der Waals surface area contributed by atoms with Crippen LogP contribution in [0.25, 0.3) is 0 Å². The van der Waals surface area contributed by atoms with Crippen molar-refractivity contribution < 1.29 is 9.59 Å². The van der Waals surface area contributed by atoms with Gasteiger partial charge in [0.25, 0.3) is 0 Å². The maximum absolute atomic E-state index is 12.3. The summed E-state index contributed by atoms with van der Waals surface area (Å²) in [5, 5.41) is 6.91. The fraction of sp³-hybridized carbons (Fsp3) is 0.533. The number of nitrogens with zero attached hydrogens (tertiary/aromatic N) is 2. The SMILES string of the molecule is CC(C)=C[C@@H]1[C@@H](C(=O)Nc2ccn(CC(N)=O)n2)C1(C)C. The van der Waals surface area contributed by atoms with Crippen molar-refractivity contribution in [2.45, 2.75) is 34.2 Å². The minimum Gasteiger partial charge on any atom is -0.368 e. The Labute approximate surface area is 124 Å². The number of hydrogen-bond acceptors (Lipinski definition) is 3. The van der Waals surface area contributed by atoms with Gasteiger partial charge in [0.1, 0.15) is 6.54 Å². The Balaban J connectivity index is 2.01. The van der Waals surface area contributed by atoms with Gasteiger partial charge >= 0.3 is 0 Å². The molecule has 0 spiro atoms. The van der Waals surface area contributed by atoms with Crippen LogP contribution in [0.5, 0.6) is 0 Å². The Morgan fingerprint density at radius 1 is 1.48 bits per heavy atom. The summed E-state index contributed by atoms with van der Waals surface area (Å²) in [7, 11) is 0. The van der Waals surface area contributed by atoms with E-state index in [0.717, 1.165) is 0 Å². The van der Waals surface area contributed by atoms with Crippen LogP contribution >= 0.6 is 0 Å².